The summed E-state index contributed by atoms with van der Waals surface area (Å²) in [5, 5.41) is 13.1. The number of thiophene rings is 2. The van der Waals surface area contributed by atoms with E-state index >= 15 is 0 Å². The molecule has 0 fully saturated rings. The van der Waals surface area contributed by atoms with Crippen molar-refractivity contribution < 1.29 is 0 Å². The fourth-order valence-electron chi connectivity index (χ4n) is 6.87. The molecule has 0 bridgehead atoms. The highest BCUT2D eigenvalue weighted by atomic mass is 32.1. The summed E-state index contributed by atoms with van der Waals surface area (Å²) in [4.78, 5) is 5.94. The van der Waals surface area contributed by atoms with Crippen molar-refractivity contribution in [2.45, 2.75) is 0 Å². The predicted molar refractivity (Wildman–Crippen MR) is 171 cm³/mol. The first-order chi connectivity index (χ1) is 19.3. The van der Waals surface area contributed by atoms with Crippen molar-refractivity contribution >= 4 is 106 Å². The fourth-order valence-corrected chi connectivity index (χ4v) is 9.08. The van der Waals surface area contributed by atoms with E-state index < -0.39 is 0 Å². The summed E-state index contributed by atoms with van der Waals surface area (Å²) in [6.07, 6.45) is 1.97. The Kier molecular flexibility index (Phi) is 3.73. The lowest BCUT2D eigenvalue weighted by Crippen LogP contribution is -1.97. The lowest BCUT2D eigenvalue weighted by molar-refractivity contribution is 1.18. The zero-order valence-corrected chi connectivity index (χ0v) is 22.2. The Hall–Kier alpha value is -4.51. The van der Waals surface area contributed by atoms with Crippen molar-refractivity contribution in [2.75, 3.05) is 0 Å². The second-order valence-electron chi connectivity index (χ2n) is 10.3. The van der Waals surface area contributed by atoms with Crippen LogP contribution in [0.2, 0.25) is 0 Å². The van der Waals surface area contributed by atoms with Crippen LogP contribution in [-0.2, 0) is 0 Å². The van der Waals surface area contributed by atoms with Crippen molar-refractivity contribution in [3.63, 3.8) is 0 Å². The van der Waals surface area contributed by atoms with E-state index in [4.69, 9.17) is 4.98 Å². The van der Waals surface area contributed by atoms with Gasteiger partial charge < -0.3 is 4.57 Å². The summed E-state index contributed by atoms with van der Waals surface area (Å²) in [5.74, 6) is 0. The third-order valence-electron chi connectivity index (χ3n) is 8.42. The first-order valence-electron chi connectivity index (χ1n) is 13.1. The van der Waals surface area contributed by atoms with Gasteiger partial charge in [-0.1, -0.05) is 60.7 Å². The Bertz CT molecular complexity index is 2480. The van der Waals surface area contributed by atoms with E-state index in [0.717, 1.165) is 4.83 Å². The van der Waals surface area contributed by atoms with E-state index in [1.165, 1.54) is 84.7 Å². The van der Waals surface area contributed by atoms with Crippen LogP contribution >= 0.6 is 22.7 Å². The Labute approximate surface area is 230 Å². The second-order valence-corrected chi connectivity index (χ2v) is 12.4. The lowest BCUT2D eigenvalue weighted by atomic mass is 9.94. The molecule has 0 atom stereocenters. The third-order valence-corrected chi connectivity index (χ3v) is 10.6. The quantitative estimate of drug-likeness (QED) is 0.193. The van der Waals surface area contributed by atoms with Gasteiger partial charge in [0.05, 0.1) is 11.0 Å². The van der Waals surface area contributed by atoms with Gasteiger partial charge in [-0.2, -0.15) is 0 Å². The van der Waals surface area contributed by atoms with Gasteiger partial charge in [-0.25, -0.2) is 4.98 Å². The molecule has 0 amide bonds. The van der Waals surface area contributed by atoms with Gasteiger partial charge in [0.25, 0.3) is 0 Å². The molecule has 39 heavy (non-hydrogen) atoms. The molecule has 4 heterocycles. The molecule has 10 rings (SSSR count). The topological polar surface area (TPSA) is 17.8 Å². The molecular weight excluding hydrogens is 513 g/mol. The summed E-state index contributed by atoms with van der Waals surface area (Å²) in [5.41, 5.74) is 3.62. The summed E-state index contributed by atoms with van der Waals surface area (Å²) in [6, 6.07) is 38.2. The Morgan fingerprint density at radius 3 is 1.85 bits per heavy atom. The van der Waals surface area contributed by atoms with E-state index in [-0.39, 0.29) is 0 Å². The maximum absolute atomic E-state index is 4.84. The summed E-state index contributed by atoms with van der Waals surface area (Å²) < 4.78 is 6.47. The van der Waals surface area contributed by atoms with Gasteiger partial charge in [-0.15, -0.1) is 22.7 Å². The Balaban J connectivity index is 1.47. The summed E-state index contributed by atoms with van der Waals surface area (Å²) in [7, 11) is 0. The molecule has 0 spiro atoms. The predicted octanol–water partition coefficient (Wildman–Crippen LogP) is 10.7. The first-order valence-corrected chi connectivity index (χ1v) is 14.8. The number of hydrogen-bond donors (Lipinski definition) is 0. The van der Waals surface area contributed by atoms with Gasteiger partial charge in [-0.05, 0) is 74.8 Å². The van der Waals surface area contributed by atoms with E-state index in [2.05, 4.69) is 108 Å². The Morgan fingerprint density at radius 2 is 1.08 bits per heavy atom. The molecule has 4 heteroatoms. The van der Waals surface area contributed by atoms with Crippen molar-refractivity contribution in [1.29, 1.82) is 0 Å². The maximum atomic E-state index is 4.84. The average molecular weight is 531 g/mol. The maximum Gasteiger partial charge on any atom is 0.126 e. The van der Waals surface area contributed by atoms with Crippen molar-refractivity contribution in [2.24, 2.45) is 0 Å². The molecule has 0 aliphatic rings. The molecular formula is C35H18N2S2. The van der Waals surface area contributed by atoms with Gasteiger partial charge in [0.1, 0.15) is 4.83 Å². The first kappa shape index (κ1) is 20.5. The largest absolute Gasteiger partial charge is 0.309 e. The average Bonchev–Trinajstić information content (AvgIpc) is 3.52. The van der Waals surface area contributed by atoms with E-state index in [9.17, 15) is 0 Å². The molecule has 0 saturated carbocycles. The number of benzene rings is 6. The summed E-state index contributed by atoms with van der Waals surface area (Å²) >= 11 is 3.69. The Morgan fingerprint density at radius 1 is 0.462 bits per heavy atom. The highest BCUT2D eigenvalue weighted by Crippen LogP contribution is 2.48. The molecule has 2 nitrogen and oxygen atoms in total. The van der Waals surface area contributed by atoms with E-state index in [1.807, 2.05) is 17.5 Å². The molecule has 0 aliphatic carbocycles. The van der Waals surface area contributed by atoms with E-state index in [0.29, 0.717) is 0 Å². The molecule has 0 saturated heterocycles. The molecule has 0 radical (unpaired) electrons. The SMILES string of the molecule is c1ccc2c(c1)c1ccccc1c1cc(-n3c4cccc5sc6ccc7sc8nccc3c8c7c6c54)ccc21. The number of fused-ring (bicyclic) bond motifs is 6. The summed E-state index contributed by atoms with van der Waals surface area (Å²) in [6.45, 7) is 0. The van der Waals surface area contributed by atoms with Crippen LogP contribution in [0.25, 0.3) is 89.5 Å². The molecule has 0 aliphatic heterocycles. The minimum atomic E-state index is 1.10. The van der Waals surface area contributed by atoms with Crippen LogP contribution in [0.5, 0.6) is 0 Å². The monoisotopic (exact) mass is 530 g/mol. The van der Waals surface area contributed by atoms with Crippen LogP contribution in [0, 0.1) is 0 Å². The van der Waals surface area contributed by atoms with Crippen LogP contribution in [0.1, 0.15) is 0 Å². The van der Waals surface area contributed by atoms with Crippen molar-refractivity contribution in [3.05, 3.63) is 109 Å². The molecule has 6 aromatic carbocycles. The lowest BCUT2D eigenvalue weighted by Gasteiger charge is -2.15. The van der Waals surface area contributed by atoms with Crippen molar-refractivity contribution in [1.82, 2.24) is 9.55 Å². The van der Waals surface area contributed by atoms with Crippen LogP contribution in [-0.4, -0.2) is 9.55 Å². The minimum Gasteiger partial charge on any atom is -0.309 e. The van der Waals surface area contributed by atoms with Crippen LogP contribution in [0.3, 0.4) is 0 Å². The molecule has 180 valence electrons. The van der Waals surface area contributed by atoms with Gasteiger partial charge in [-0.3, -0.25) is 0 Å². The number of rotatable bonds is 1. The molecule has 0 unspecified atom stereocenters. The van der Waals surface area contributed by atoms with Gasteiger partial charge in [0.15, 0.2) is 0 Å². The number of pyridine rings is 1. The smallest absolute Gasteiger partial charge is 0.126 e. The highest BCUT2D eigenvalue weighted by molar-refractivity contribution is 7.28. The normalized spacial score (nSPS) is 12.6. The highest BCUT2D eigenvalue weighted by Gasteiger charge is 2.21. The van der Waals surface area contributed by atoms with Crippen LogP contribution < -0.4 is 0 Å². The minimum absolute atomic E-state index is 1.10. The number of nitrogens with zero attached hydrogens (tertiary/aromatic N) is 2. The number of aromatic nitrogens is 2. The second kappa shape index (κ2) is 7.11. The van der Waals surface area contributed by atoms with Crippen LogP contribution in [0.4, 0.5) is 0 Å². The van der Waals surface area contributed by atoms with E-state index in [1.54, 1.807) is 11.3 Å². The molecule has 10 aromatic rings. The number of hydrogen-bond acceptors (Lipinski definition) is 3. The van der Waals surface area contributed by atoms with Crippen molar-refractivity contribution in [3.8, 4) is 5.69 Å². The standard InChI is InChI=1S/C35H18N2S2/c1-2-8-22-20(6-1)21-7-3-4-9-23(21)25-18-19(12-13-24(22)25)37-26-10-5-11-28-31(26)33-29(38-28)14-15-30-34(33)32-27(37)16-17-36-35(32)39-30/h1-18H. The third kappa shape index (κ3) is 2.49. The molecule has 4 aromatic heterocycles. The fraction of sp³-hybridized carbons (Fsp3) is 0. The molecule has 0 N–H and O–H groups in total. The zero-order valence-electron chi connectivity index (χ0n) is 20.6. The van der Waals surface area contributed by atoms with Gasteiger partial charge >= 0.3 is 0 Å². The van der Waals surface area contributed by atoms with Gasteiger partial charge in [0.2, 0.25) is 0 Å². The van der Waals surface area contributed by atoms with Crippen LogP contribution in [0.15, 0.2) is 109 Å². The zero-order chi connectivity index (χ0) is 25.2. The van der Waals surface area contributed by atoms with Gasteiger partial charge in [0, 0.05) is 47.5 Å².